The maximum Gasteiger partial charge on any atom is 0.246 e. The molecule has 2 rings (SSSR count). The molecule has 1 aliphatic rings. The van der Waals surface area contributed by atoms with E-state index < -0.39 is 0 Å². The summed E-state index contributed by atoms with van der Waals surface area (Å²) in [5.74, 6) is 1.94. The Hall–Kier alpha value is -0.900. The summed E-state index contributed by atoms with van der Waals surface area (Å²) in [4.78, 5) is 4.54. The van der Waals surface area contributed by atoms with Crippen LogP contribution in [0.5, 0.6) is 0 Å². The van der Waals surface area contributed by atoms with Crippen molar-refractivity contribution in [2.75, 3.05) is 6.54 Å². The molecule has 1 saturated heterocycles. The summed E-state index contributed by atoms with van der Waals surface area (Å²) in [5, 5.41) is 7.60. The largest absolute Gasteiger partial charge is 0.337 e. The Kier molecular flexibility index (Phi) is 3.28. The molecule has 1 aromatic heterocycles. The Balaban J connectivity index is 2.24. The number of hydrogen-bond donors (Lipinski definition) is 1. The Bertz CT molecular complexity index is 340. The van der Waals surface area contributed by atoms with Crippen LogP contribution >= 0.6 is 0 Å². The first-order chi connectivity index (χ1) is 7.68. The maximum absolute atomic E-state index is 5.44. The lowest BCUT2D eigenvalue weighted by Crippen LogP contribution is -2.37. The van der Waals surface area contributed by atoms with Crippen molar-refractivity contribution < 1.29 is 4.52 Å². The van der Waals surface area contributed by atoms with Gasteiger partial charge in [0.1, 0.15) is 0 Å². The van der Waals surface area contributed by atoms with Gasteiger partial charge in [0.2, 0.25) is 5.89 Å². The quantitative estimate of drug-likeness (QED) is 0.852. The highest BCUT2D eigenvalue weighted by molar-refractivity contribution is 5.07. The molecule has 90 valence electrons. The Morgan fingerprint density at radius 1 is 1.50 bits per heavy atom. The van der Waals surface area contributed by atoms with Gasteiger partial charge in [-0.05, 0) is 25.8 Å². The minimum Gasteiger partial charge on any atom is -0.337 e. The summed E-state index contributed by atoms with van der Waals surface area (Å²) in [7, 11) is 0. The molecule has 0 aliphatic carbocycles. The molecule has 1 aliphatic heterocycles. The lowest BCUT2D eigenvalue weighted by atomic mass is 9.92. The van der Waals surface area contributed by atoms with Gasteiger partial charge in [0.15, 0.2) is 5.82 Å². The van der Waals surface area contributed by atoms with Crippen molar-refractivity contribution in [2.24, 2.45) is 0 Å². The summed E-state index contributed by atoms with van der Waals surface area (Å²) in [6.07, 6.45) is 4.51. The van der Waals surface area contributed by atoms with Gasteiger partial charge < -0.3 is 9.84 Å². The standard InChI is InChI=1S/C12H21N3O/c1-4-6-12(7-5-8-13-12)11-14-10(9(2)3)15-16-11/h9,13H,4-8H2,1-3H3. The minimum atomic E-state index is -0.0467. The van der Waals surface area contributed by atoms with Crippen LogP contribution in [0.3, 0.4) is 0 Å². The Morgan fingerprint density at radius 3 is 2.81 bits per heavy atom. The highest BCUT2D eigenvalue weighted by Crippen LogP contribution is 2.34. The van der Waals surface area contributed by atoms with Crippen molar-refractivity contribution in [1.29, 1.82) is 0 Å². The van der Waals surface area contributed by atoms with Crippen LogP contribution in [-0.2, 0) is 5.54 Å². The first-order valence-electron chi connectivity index (χ1n) is 6.27. The number of nitrogens with zero attached hydrogens (tertiary/aromatic N) is 2. The summed E-state index contributed by atoms with van der Waals surface area (Å²) >= 11 is 0. The first kappa shape index (κ1) is 11.6. The van der Waals surface area contributed by atoms with Crippen LogP contribution < -0.4 is 5.32 Å². The molecule has 4 heteroatoms. The molecule has 2 heterocycles. The average Bonchev–Trinajstić information content (AvgIpc) is 2.85. The lowest BCUT2D eigenvalue weighted by molar-refractivity contribution is 0.240. The van der Waals surface area contributed by atoms with Crippen LogP contribution in [0.2, 0.25) is 0 Å². The Morgan fingerprint density at radius 2 is 2.31 bits per heavy atom. The molecule has 4 nitrogen and oxygen atoms in total. The molecule has 1 N–H and O–H groups in total. The highest BCUT2D eigenvalue weighted by Gasteiger charge is 2.39. The van der Waals surface area contributed by atoms with Crippen molar-refractivity contribution in [3.8, 4) is 0 Å². The van der Waals surface area contributed by atoms with Crippen molar-refractivity contribution in [3.05, 3.63) is 11.7 Å². The lowest BCUT2D eigenvalue weighted by Gasteiger charge is -2.24. The topological polar surface area (TPSA) is 51.0 Å². The molecule has 0 bridgehead atoms. The van der Waals surface area contributed by atoms with Crippen LogP contribution in [0.1, 0.15) is 64.1 Å². The SMILES string of the molecule is CCCC1(c2nc(C(C)C)no2)CCCN1. The third-order valence-electron chi connectivity index (χ3n) is 3.29. The van der Waals surface area contributed by atoms with Crippen LogP contribution in [0.15, 0.2) is 4.52 Å². The predicted octanol–water partition coefficient (Wildman–Crippen LogP) is 2.57. The molecule has 1 aromatic rings. The van der Waals surface area contributed by atoms with E-state index in [-0.39, 0.29) is 5.54 Å². The zero-order valence-electron chi connectivity index (χ0n) is 10.4. The van der Waals surface area contributed by atoms with Crippen LogP contribution in [0.25, 0.3) is 0 Å². The maximum atomic E-state index is 5.44. The molecule has 16 heavy (non-hydrogen) atoms. The van der Waals surface area contributed by atoms with Gasteiger partial charge in [0, 0.05) is 5.92 Å². The van der Waals surface area contributed by atoms with Gasteiger partial charge in [-0.1, -0.05) is 32.3 Å². The molecule has 0 spiro atoms. The van der Waals surface area contributed by atoms with Crippen molar-refractivity contribution in [1.82, 2.24) is 15.5 Å². The van der Waals surface area contributed by atoms with E-state index in [0.29, 0.717) is 5.92 Å². The van der Waals surface area contributed by atoms with E-state index in [1.54, 1.807) is 0 Å². The summed E-state index contributed by atoms with van der Waals surface area (Å²) < 4.78 is 5.44. The molecular weight excluding hydrogens is 202 g/mol. The fourth-order valence-electron chi connectivity index (χ4n) is 2.40. The van der Waals surface area contributed by atoms with E-state index in [9.17, 15) is 0 Å². The third kappa shape index (κ3) is 1.98. The summed E-state index contributed by atoms with van der Waals surface area (Å²) in [5.41, 5.74) is -0.0467. The van der Waals surface area contributed by atoms with Gasteiger partial charge in [-0.25, -0.2) is 0 Å². The monoisotopic (exact) mass is 223 g/mol. The van der Waals surface area contributed by atoms with E-state index in [0.717, 1.165) is 37.5 Å². The van der Waals surface area contributed by atoms with E-state index in [2.05, 4.69) is 36.2 Å². The van der Waals surface area contributed by atoms with Crippen molar-refractivity contribution in [2.45, 2.75) is 57.9 Å². The van der Waals surface area contributed by atoms with E-state index in [1.807, 2.05) is 0 Å². The molecule has 0 amide bonds. The molecule has 0 radical (unpaired) electrons. The molecular formula is C12H21N3O. The Labute approximate surface area is 96.8 Å². The molecule has 0 aromatic carbocycles. The van der Waals surface area contributed by atoms with Gasteiger partial charge >= 0.3 is 0 Å². The number of aromatic nitrogens is 2. The number of hydrogen-bond acceptors (Lipinski definition) is 4. The molecule has 1 unspecified atom stereocenters. The fraction of sp³-hybridized carbons (Fsp3) is 0.833. The van der Waals surface area contributed by atoms with E-state index >= 15 is 0 Å². The zero-order chi connectivity index (χ0) is 11.6. The normalized spacial score (nSPS) is 25.5. The van der Waals surface area contributed by atoms with E-state index in [1.165, 1.54) is 6.42 Å². The van der Waals surface area contributed by atoms with Gasteiger partial charge in [-0.15, -0.1) is 0 Å². The number of nitrogens with one attached hydrogen (secondary N) is 1. The van der Waals surface area contributed by atoms with Gasteiger partial charge in [0.25, 0.3) is 0 Å². The summed E-state index contributed by atoms with van der Waals surface area (Å²) in [6, 6.07) is 0. The molecule has 1 atom stereocenters. The average molecular weight is 223 g/mol. The van der Waals surface area contributed by atoms with Crippen molar-refractivity contribution >= 4 is 0 Å². The second kappa shape index (κ2) is 4.53. The minimum absolute atomic E-state index is 0.0467. The number of rotatable bonds is 4. The van der Waals surface area contributed by atoms with Crippen LogP contribution in [0, 0.1) is 0 Å². The first-order valence-corrected chi connectivity index (χ1v) is 6.27. The predicted molar refractivity (Wildman–Crippen MR) is 62.2 cm³/mol. The van der Waals surface area contributed by atoms with Crippen LogP contribution in [0.4, 0.5) is 0 Å². The highest BCUT2D eigenvalue weighted by atomic mass is 16.5. The van der Waals surface area contributed by atoms with E-state index in [4.69, 9.17) is 4.52 Å². The fourth-order valence-corrected chi connectivity index (χ4v) is 2.40. The van der Waals surface area contributed by atoms with Crippen LogP contribution in [-0.4, -0.2) is 16.7 Å². The second-order valence-corrected chi connectivity index (χ2v) is 4.97. The summed E-state index contributed by atoms with van der Waals surface area (Å²) in [6.45, 7) is 7.42. The molecule has 0 saturated carbocycles. The second-order valence-electron chi connectivity index (χ2n) is 4.97. The van der Waals surface area contributed by atoms with Gasteiger partial charge in [0.05, 0.1) is 5.54 Å². The zero-order valence-corrected chi connectivity index (χ0v) is 10.4. The van der Waals surface area contributed by atoms with Gasteiger partial charge in [-0.3, -0.25) is 0 Å². The molecule has 1 fully saturated rings. The van der Waals surface area contributed by atoms with Gasteiger partial charge in [-0.2, -0.15) is 4.98 Å². The third-order valence-corrected chi connectivity index (χ3v) is 3.29. The van der Waals surface area contributed by atoms with Crippen molar-refractivity contribution in [3.63, 3.8) is 0 Å². The smallest absolute Gasteiger partial charge is 0.246 e.